The maximum absolute atomic E-state index is 12.1. The molecular weight excluding hydrogens is 256 g/mol. The first-order valence-electron chi connectivity index (χ1n) is 7.38. The van der Waals surface area contributed by atoms with Crippen molar-refractivity contribution in [3.63, 3.8) is 0 Å². The van der Waals surface area contributed by atoms with Crippen molar-refractivity contribution >= 4 is 11.8 Å². The van der Waals surface area contributed by atoms with Crippen LogP contribution in [0.5, 0.6) is 0 Å². The van der Waals surface area contributed by atoms with Crippen LogP contribution >= 0.6 is 0 Å². The van der Waals surface area contributed by atoms with Gasteiger partial charge < -0.3 is 16.0 Å². The zero-order chi connectivity index (χ0) is 15.3. The molecule has 0 radical (unpaired) electrons. The third-order valence-corrected chi connectivity index (χ3v) is 4.04. The van der Waals surface area contributed by atoms with E-state index in [2.05, 4.69) is 24.2 Å². The highest BCUT2D eigenvalue weighted by atomic mass is 16.2. The molecule has 2 amide bonds. The number of rotatable bonds is 5. The fourth-order valence-electron chi connectivity index (χ4n) is 2.31. The van der Waals surface area contributed by atoms with Crippen molar-refractivity contribution in [2.75, 3.05) is 33.2 Å². The predicted octanol–water partition coefficient (Wildman–Crippen LogP) is -0.361. The number of piperazine rings is 1. The smallest absolute Gasteiger partial charge is 0.242 e. The van der Waals surface area contributed by atoms with Crippen LogP contribution in [0.2, 0.25) is 0 Å². The van der Waals surface area contributed by atoms with Gasteiger partial charge in [0.05, 0.1) is 12.6 Å². The molecule has 0 aromatic carbocycles. The summed E-state index contributed by atoms with van der Waals surface area (Å²) < 4.78 is 0. The Hall–Kier alpha value is -1.14. The quantitative estimate of drug-likeness (QED) is 0.722. The van der Waals surface area contributed by atoms with E-state index in [0.29, 0.717) is 6.04 Å². The first kappa shape index (κ1) is 16.9. The van der Waals surface area contributed by atoms with Crippen molar-refractivity contribution in [2.45, 2.75) is 39.3 Å². The van der Waals surface area contributed by atoms with Crippen LogP contribution in [0.3, 0.4) is 0 Å². The number of hydrogen-bond donors (Lipinski definition) is 2. The topological polar surface area (TPSA) is 78.7 Å². The van der Waals surface area contributed by atoms with E-state index >= 15 is 0 Å². The molecule has 1 rings (SSSR count). The van der Waals surface area contributed by atoms with Crippen LogP contribution in [0, 0.1) is 5.92 Å². The highest BCUT2D eigenvalue weighted by Gasteiger charge is 2.26. The van der Waals surface area contributed by atoms with Crippen molar-refractivity contribution in [1.29, 1.82) is 0 Å². The minimum Gasteiger partial charge on any atom is -0.346 e. The molecule has 0 bridgehead atoms. The van der Waals surface area contributed by atoms with Gasteiger partial charge in [-0.05, 0) is 19.4 Å². The van der Waals surface area contributed by atoms with Crippen LogP contribution in [-0.4, -0.2) is 66.9 Å². The maximum atomic E-state index is 12.1. The molecule has 6 nitrogen and oxygen atoms in total. The summed E-state index contributed by atoms with van der Waals surface area (Å²) in [5.41, 5.74) is 5.74. The predicted molar refractivity (Wildman–Crippen MR) is 79.1 cm³/mol. The standard InChI is InChI=1S/C14H28N4O2/c1-5-11-9-18(7-6-17(11)4)12(19)8-16-14(20)13(15)10(2)3/h10-11,13H,5-9,15H2,1-4H3,(H,16,20)/t11?,13-/m0/s1. The molecule has 3 N–H and O–H groups in total. The van der Waals surface area contributed by atoms with Gasteiger partial charge >= 0.3 is 0 Å². The Bertz CT molecular complexity index is 346. The Morgan fingerprint density at radius 3 is 2.55 bits per heavy atom. The van der Waals surface area contributed by atoms with Crippen LogP contribution in [-0.2, 0) is 9.59 Å². The highest BCUT2D eigenvalue weighted by Crippen LogP contribution is 2.10. The average Bonchev–Trinajstić information content (AvgIpc) is 2.43. The molecule has 0 saturated carbocycles. The van der Waals surface area contributed by atoms with E-state index in [-0.39, 0.29) is 24.3 Å². The Morgan fingerprint density at radius 1 is 1.35 bits per heavy atom. The number of hydrogen-bond acceptors (Lipinski definition) is 4. The van der Waals surface area contributed by atoms with Gasteiger partial charge in [-0.2, -0.15) is 0 Å². The molecule has 20 heavy (non-hydrogen) atoms. The molecule has 0 aromatic rings. The summed E-state index contributed by atoms with van der Waals surface area (Å²) >= 11 is 0. The fraction of sp³-hybridized carbons (Fsp3) is 0.857. The van der Waals surface area contributed by atoms with Gasteiger partial charge in [-0.3, -0.25) is 14.5 Å². The third-order valence-electron chi connectivity index (χ3n) is 4.04. The normalized spacial score (nSPS) is 21.9. The second kappa shape index (κ2) is 7.59. The molecule has 1 unspecified atom stereocenters. The van der Waals surface area contributed by atoms with Crippen molar-refractivity contribution < 1.29 is 9.59 Å². The summed E-state index contributed by atoms with van der Waals surface area (Å²) in [7, 11) is 2.08. The molecule has 1 fully saturated rings. The summed E-state index contributed by atoms with van der Waals surface area (Å²) in [6.45, 7) is 8.27. The molecule has 1 heterocycles. The Labute approximate surface area is 121 Å². The Balaban J connectivity index is 2.41. The van der Waals surface area contributed by atoms with Crippen molar-refractivity contribution in [3.8, 4) is 0 Å². The van der Waals surface area contributed by atoms with Gasteiger partial charge in [-0.1, -0.05) is 20.8 Å². The second-order valence-electron chi connectivity index (χ2n) is 5.87. The molecule has 0 aromatic heterocycles. The van der Waals surface area contributed by atoms with Crippen molar-refractivity contribution in [3.05, 3.63) is 0 Å². The molecule has 1 aliphatic heterocycles. The molecule has 0 spiro atoms. The number of carbonyl (C=O) groups excluding carboxylic acids is 2. The molecule has 116 valence electrons. The van der Waals surface area contributed by atoms with E-state index < -0.39 is 6.04 Å². The lowest BCUT2D eigenvalue weighted by Gasteiger charge is -2.39. The van der Waals surface area contributed by atoms with Crippen LogP contribution in [0.1, 0.15) is 27.2 Å². The Kier molecular flexibility index (Phi) is 6.42. The summed E-state index contributed by atoms with van der Waals surface area (Å²) in [5, 5.41) is 2.64. The summed E-state index contributed by atoms with van der Waals surface area (Å²) in [6.07, 6.45) is 1.02. The molecule has 1 saturated heterocycles. The SMILES string of the molecule is CCC1CN(C(=O)CNC(=O)[C@@H](N)C(C)C)CCN1C. The van der Waals surface area contributed by atoms with Gasteiger partial charge in [0.2, 0.25) is 11.8 Å². The zero-order valence-corrected chi connectivity index (χ0v) is 13.1. The summed E-state index contributed by atoms with van der Waals surface area (Å²) in [4.78, 5) is 27.9. The highest BCUT2D eigenvalue weighted by molar-refractivity contribution is 5.87. The molecular formula is C14H28N4O2. The van der Waals surface area contributed by atoms with E-state index in [1.165, 1.54) is 0 Å². The second-order valence-corrected chi connectivity index (χ2v) is 5.87. The molecule has 0 aliphatic carbocycles. The molecule has 6 heteroatoms. The van der Waals surface area contributed by atoms with Crippen molar-refractivity contribution in [1.82, 2.24) is 15.1 Å². The molecule has 2 atom stereocenters. The zero-order valence-electron chi connectivity index (χ0n) is 13.1. The van der Waals surface area contributed by atoms with Gasteiger partial charge in [-0.25, -0.2) is 0 Å². The maximum Gasteiger partial charge on any atom is 0.242 e. The largest absolute Gasteiger partial charge is 0.346 e. The number of nitrogens with two attached hydrogens (primary N) is 1. The number of likely N-dealkylation sites (N-methyl/N-ethyl adjacent to an activating group) is 1. The molecule has 1 aliphatic rings. The monoisotopic (exact) mass is 284 g/mol. The van der Waals surface area contributed by atoms with E-state index in [4.69, 9.17) is 5.73 Å². The van der Waals surface area contributed by atoms with Gasteiger partial charge in [0.1, 0.15) is 0 Å². The first-order chi connectivity index (χ1) is 9.36. The fourth-order valence-corrected chi connectivity index (χ4v) is 2.31. The number of amides is 2. The lowest BCUT2D eigenvalue weighted by atomic mass is 10.1. The van der Waals surface area contributed by atoms with Gasteiger partial charge in [0, 0.05) is 25.7 Å². The van der Waals surface area contributed by atoms with Crippen LogP contribution < -0.4 is 11.1 Å². The van der Waals surface area contributed by atoms with Crippen molar-refractivity contribution in [2.24, 2.45) is 11.7 Å². The van der Waals surface area contributed by atoms with E-state index in [1.807, 2.05) is 18.7 Å². The summed E-state index contributed by atoms with van der Waals surface area (Å²) in [6, 6.07) is -0.153. The van der Waals surface area contributed by atoms with E-state index in [0.717, 1.165) is 26.1 Å². The lowest BCUT2D eigenvalue weighted by molar-refractivity contribution is -0.135. The number of nitrogens with zero attached hydrogens (tertiary/aromatic N) is 2. The van der Waals surface area contributed by atoms with Crippen LogP contribution in [0.4, 0.5) is 0 Å². The number of nitrogens with one attached hydrogen (secondary N) is 1. The Morgan fingerprint density at radius 2 is 2.00 bits per heavy atom. The third kappa shape index (κ3) is 4.45. The van der Waals surface area contributed by atoms with E-state index in [9.17, 15) is 9.59 Å². The average molecular weight is 284 g/mol. The minimum absolute atomic E-state index is 0.0270. The van der Waals surface area contributed by atoms with Crippen LogP contribution in [0.25, 0.3) is 0 Å². The first-order valence-corrected chi connectivity index (χ1v) is 7.38. The number of carbonyl (C=O) groups is 2. The van der Waals surface area contributed by atoms with Crippen LogP contribution in [0.15, 0.2) is 0 Å². The van der Waals surface area contributed by atoms with E-state index in [1.54, 1.807) is 0 Å². The van der Waals surface area contributed by atoms with Gasteiger partial charge in [-0.15, -0.1) is 0 Å². The van der Waals surface area contributed by atoms with Gasteiger partial charge in [0.25, 0.3) is 0 Å². The minimum atomic E-state index is -0.557. The lowest BCUT2D eigenvalue weighted by Crippen LogP contribution is -2.55. The summed E-state index contributed by atoms with van der Waals surface area (Å²) in [5.74, 6) is -0.214. The van der Waals surface area contributed by atoms with Gasteiger partial charge in [0.15, 0.2) is 0 Å².